The van der Waals surface area contributed by atoms with E-state index < -0.39 is 0 Å². The van der Waals surface area contributed by atoms with Crippen LogP contribution < -0.4 is 10.1 Å². The van der Waals surface area contributed by atoms with Crippen molar-refractivity contribution in [3.05, 3.63) is 90.0 Å². The van der Waals surface area contributed by atoms with Gasteiger partial charge in [0.2, 0.25) is 0 Å². The van der Waals surface area contributed by atoms with Crippen molar-refractivity contribution in [2.24, 2.45) is 0 Å². The highest BCUT2D eigenvalue weighted by molar-refractivity contribution is 6.07. The number of rotatable bonds is 5. The van der Waals surface area contributed by atoms with Crippen molar-refractivity contribution in [3.8, 4) is 11.5 Å². The number of benzene rings is 3. The predicted octanol–water partition coefficient (Wildman–Crippen LogP) is 4.20. The molecule has 0 unspecified atom stereocenters. The number of hydrogen-bond donors (Lipinski definition) is 1. The zero-order valence-electron chi connectivity index (χ0n) is 16.4. The maximum atomic E-state index is 12.9. The van der Waals surface area contributed by atoms with Crippen LogP contribution in [0, 0.1) is 0 Å². The summed E-state index contributed by atoms with van der Waals surface area (Å²) in [7, 11) is 0. The lowest BCUT2D eigenvalue weighted by atomic mass is 10.1. The van der Waals surface area contributed by atoms with Crippen LogP contribution in [0.2, 0.25) is 0 Å². The third-order valence-electron chi connectivity index (χ3n) is 4.77. The van der Waals surface area contributed by atoms with Crippen LogP contribution in [0.25, 0.3) is 0 Å². The largest absolute Gasteiger partial charge is 0.457 e. The summed E-state index contributed by atoms with van der Waals surface area (Å²) in [5.74, 6) is 0.734. The SMILES string of the molecule is O=C(Nc1cccc(C(=O)N2CCOCC2)c1)c1ccccc1Oc1ccccc1. The Balaban J connectivity index is 1.50. The second-order valence-electron chi connectivity index (χ2n) is 6.85. The molecule has 1 N–H and O–H groups in total. The molecular formula is C24H22N2O4. The molecule has 1 heterocycles. The Bertz CT molecular complexity index is 1030. The number of nitrogens with one attached hydrogen (secondary N) is 1. The van der Waals surface area contributed by atoms with Gasteiger partial charge in [0.15, 0.2) is 0 Å². The molecule has 152 valence electrons. The average Bonchev–Trinajstić information content (AvgIpc) is 2.80. The lowest BCUT2D eigenvalue weighted by Crippen LogP contribution is -2.40. The van der Waals surface area contributed by atoms with Crippen LogP contribution in [0.4, 0.5) is 5.69 Å². The van der Waals surface area contributed by atoms with E-state index in [9.17, 15) is 9.59 Å². The molecule has 1 fully saturated rings. The number of ether oxygens (including phenoxy) is 2. The molecule has 2 amide bonds. The van der Waals surface area contributed by atoms with E-state index in [-0.39, 0.29) is 11.8 Å². The maximum absolute atomic E-state index is 12.9. The first-order valence-electron chi connectivity index (χ1n) is 9.81. The van der Waals surface area contributed by atoms with Crippen LogP contribution in [0.15, 0.2) is 78.9 Å². The molecular weight excluding hydrogens is 380 g/mol. The minimum absolute atomic E-state index is 0.0674. The summed E-state index contributed by atoms with van der Waals surface area (Å²) in [5.41, 5.74) is 1.49. The van der Waals surface area contributed by atoms with Gasteiger partial charge in [-0.05, 0) is 42.5 Å². The van der Waals surface area contributed by atoms with Crippen molar-refractivity contribution < 1.29 is 19.1 Å². The quantitative estimate of drug-likeness (QED) is 0.694. The Kier molecular flexibility index (Phi) is 6.06. The predicted molar refractivity (Wildman–Crippen MR) is 114 cm³/mol. The molecule has 30 heavy (non-hydrogen) atoms. The summed E-state index contributed by atoms with van der Waals surface area (Å²) in [6.45, 7) is 2.22. The van der Waals surface area contributed by atoms with Gasteiger partial charge in [0, 0.05) is 24.3 Å². The van der Waals surface area contributed by atoms with Gasteiger partial charge in [0.05, 0.1) is 18.8 Å². The Labute approximate surface area is 175 Å². The number of anilines is 1. The highest BCUT2D eigenvalue weighted by Crippen LogP contribution is 2.26. The van der Waals surface area contributed by atoms with E-state index in [0.717, 1.165) is 0 Å². The Morgan fingerprint density at radius 2 is 1.60 bits per heavy atom. The van der Waals surface area contributed by atoms with E-state index in [1.165, 1.54) is 0 Å². The number of carbonyl (C=O) groups excluding carboxylic acids is 2. The zero-order chi connectivity index (χ0) is 20.8. The standard InChI is InChI=1S/C24H22N2O4/c27-23(21-11-4-5-12-22(21)30-20-9-2-1-3-10-20)25-19-8-6-7-18(17-19)24(28)26-13-15-29-16-14-26/h1-12,17H,13-16H2,(H,25,27). The summed E-state index contributed by atoms with van der Waals surface area (Å²) >= 11 is 0. The minimum atomic E-state index is -0.308. The first kappa shape index (κ1) is 19.7. The van der Waals surface area contributed by atoms with E-state index in [1.54, 1.807) is 47.4 Å². The van der Waals surface area contributed by atoms with E-state index >= 15 is 0 Å². The molecule has 4 rings (SSSR count). The van der Waals surface area contributed by atoms with Crippen LogP contribution in [0.5, 0.6) is 11.5 Å². The third kappa shape index (κ3) is 4.67. The number of morpholine rings is 1. The van der Waals surface area contributed by atoms with Crippen molar-refractivity contribution in [2.45, 2.75) is 0 Å². The van der Waals surface area contributed by atoms with Crippen molar-refractivity contribution >= 4 is 17.5 Å². The van der Waals surface area contributed by atoms with Gasteiger partial charge in [-0.2, -0.15) is 0 Å². The molecule has 0 aliphatic carbocycles. The summed E-state index contributed by atoms with van der Waals surface area (Å²) in [6.07, 6.45) is 0. The monoisotopic (exact) mass is 402 g/mol. The summed E-state index contributed by atoms with van der Waals surface area (Å²) in [4.78, 5) is 27.4. The molecule has 1 aliphatic heterocycles. The Morgan fingerprint density at radius 3 is 2.40 bits per heavy atom. The first-order valence-corrected chi connectivity index (χ1v) is 9.81. The van der Waals surface area contributed by atoms with Crippen molar-refractivity contribution in [2.75, 3.05) is 31.6 Å². The Hall–Kier alpha value is -3.64. The molecule has 0 spiro atoms. The fourth-order valence-electron chi connectivity index (χ4n) is 3.24. The summed E-state index contributed by atoms with van der Waals surface area (Å²) in [6, 6.07) is 23.3. The van der Waals surface area contributed by atoms with Gasteiger partial charge in [-0.1, -0.05) is 36.4 Å². The molecule has 0 bridgehead atoms. The number of carbonyl (C=O) groups is 2. The average molecular weight is 402 g/mol. The van der Waals surface area contributed by atoms with Crippen LogP contribution in [0.3, 0.4) is 0 Å². The van der Waals surface area contributed by atoms with Crippen molar-refractivity contribution in [1.29, 1.82) is 0 Å². The molecule has 3 aromatic carbocycles. The fraction of sp³-hybridized carbons (Fsp3) is 0.167. The lowest BCUT2D eigenvalue weighted by Gasteiger charge is -2.27. The van der Waals surface area contributed by atoms with Gasteiger partial charge < -0.3 is 19.7 Å². The Morgan fingerprint density at radius 1 is 0.867 bits per heavy atom. The molecule has 1 saturated heterocycles. The van der Waals surface area contributed by atoms with Crippen LogP contribution in [0.1, 0.15) is 20.7 Å². The highest BCUT2D eigenvalue weighted by atomic mass is 16.5. The summed E-state index contributed by atoms with van der Waals surface area (Å²) in [5, 5.41) is 2.87. The molecule has 0 aromatic heterocycles. The topological polar surface area (TPSA) is 67.9 Å². The van der Waals surface area contributed by atoms with E-state index in [4.69, 9.17) is 9.47 Å². The molecule has 0 saturated carbocycles. The summed E-state index contributed by atoms with van der Waals surface area (Å²) < 4.78 is 11.2. The van der Waals surface area contributed by atoms with Gasteiger partial charge in [-0.15, -0.1) is 0 Å². The number of para-hydroxylation sites is 2. The van der Waals surface area contributed by atoms with E-state index in [1.807, 2.05) is 36.4 Å². The minimum Gasteiger partial charge on any atom is -0.457 e. The molecule has 1 aliphatic rings. The maximum Gasteiger partial charge on any atom is 0.259 e. The van der Waals surface area contributed by atoms with Crippen molar-refractivity contribution in [1.82, 2.24) is 4.90 Å². The molecule has 6 heteroatoms. The van der Waals surface area contributed by atoms with Gasteiger partial charge in [-0.25, -0.2) is 0 Å². The van der Waals surface area contributed by atoms with Gasteiger partial charge >= 0.3 is 0 Å². The first-order chi connectivity index (χ1) is 14.7. The van der Waals surface area contributed by atoms with Crippen LogP contribution in [-0.4, -0.2) is 43.0 Å². The number of hydrogen-bond acceptors (Lipinski definition) is 4. The normalized spacial score (nSPS) is 13.5. The molecule has 0 atom stereocenters. The van der Waals surface area contributed by atoms with Crippen molar-refractivity contribution in [3.63, 3.8) is 0 Å². The fourth-order valence-corrected chi connectivity index (χ4v) is 3.24. The van der Waals surface area contributed by atoms with Gasteiger partial charge in [0.1, 0.15) is 11.5 Å². The highest BCUT2D eigenvalue weighted by Gasteiger charge is 2.19. The van der Waals surface area contributed by atoms with Gasteiger partial charge in [-0.3, -0.25) is 9.59 Å². The van der Waals surface area contributed by atoms with E-state index in [2.05, 4.69) is 5.32 Å². The number of nitrogens with zero attached hydrogens (tertiary/aromatic N) is 1. The second kappa shape index (κ2) is 9.24. The van der Waals surface area contributed by atoms with E-state index in [0.29, 0.717) is 54.6 Å². The second-order valence-corrected chi connectivity index (χ2v) is 6.85. The van der Waals surface area contributed by atoms with Crippen LogP contribution >= 0.6 is 0 Å². The molecule has 0 radical (unpaired) electrons. The number of amides is 2. The smallest absolute Gasteiger partial charge is 0.259 e. The van der Waals surface area contributed by atoms with Crippen LogP contribution in [-0.2, 0) is 4.74 Å². The molecule has 3 aromatic rings. The van der Waals surface area contributed by atoms with Gasteiger partial charge in [0.25, 0.3) is 11.8 Å². The third-order valence-corrected chi connectivity index (χ3v) is 4.77. The molecule has 6 nitrogen and oxygen atoms in total. The lowest BCUT2D eigenvalue weighted by molar-refractivity contribution is 0.0303. The zero-order valence-corrected chi connectivity index (χ0v) is 16.4.